The summed E-state index contributed by atoms with van der Waals surface area (Å²) in [7, 11) is 0. The molecule has 0 unspecified atom stereocenters. The number of hydrogen-bond acceptors (Lipinski definition) is 4. The van der Waals surface area contributed by atoms with Gasteiger partial charge in [-0.25, -0.2) is 0 Å². The molecule has 0 saturated heterocycles. The van der Waals surface area contributed by atoms with Crippen molar-refractivity contribution in [2.45, 2.75) is 26.7 Å². The van der Waals surface area contributed by atoms with Gasteiger partial charge < -0.3 is 19.5 Å². The monoisotopic (exact) mass is 247 g/mol. The van der Waals surface area contributed by atoms with Gasteiger partial charge in [0.15, 0.2) is 0 Å². The smallest absolute Gasteiger partial charge is 0.222 e. The zero-order valence-electron chi connectivity index (χ0n) is 11.0. The highest BCUT2D eigenvalue weighted by atomic mass is 16.5. The van der Waals surface area contributed by atoms with Crippen molar-refractivity contribution in [3.8, 4) is 0 Å². The molecule has 0 heterocycles. The third kappa shape index (κ3) is 13.3. The van der Waals surface area contributed by atoms with E-state index in [2.05, 4.69) is 5.32 Å². The Kier molecular flexibility index (Phi) is 12.9. The Morgan fingerprint density at radius 1 is 0.941 bits per heavy atom. The van der Waals surface area contributed by atoms with E-state index in [1.165, 1.54) is 0 Å². The second-order valence-corrected chi connectivity index (χ2v) is 3.52. The van der Waals surface area contributed by atoms with Gasteiger partial charge in [-0.1, -0.05) is 6.92 Å². The Labute approximate surface area is 104 Å². The highest BCUT2D eigenvalue weighted by molar-refractivity contribution is 5.75. The molecule has 0 spiro atoms. The molecule has 0 aliphatic carbocycles. The van der Waals surface area contributed by atoms with Crippen LogP contribution in [0.1, 0.15) is 26.7 Å². The minimum atomic E-state index is 0.00881. The maximum atomic E-state index is 11.3. The lowest BCUT2D eigenvalue weighted by Crippen LogP contribution is -2.28. The number of rotatable bonds is 12. The fourth-order valence-corrected chi connectivity index (χ4v) is 1.13. The van der Waals surface area contributed by atoms with E-state index in [1.807, 2.05) is 13.8 Å². The summed E-state index contributed by atoms with van der Waals surface area (Å²) in [5.41, 5.74) is 0. The lowest BCUT2D eigenvalue weighted by Gasteiger charge is -2.06. The Balaban J connectivity index is 3.11. The first-order valence-electron chi connectivity index (χ1n) is 6.31. The first-order chi connectivity index (χ1) is 8.31. The predicted molar refractivity (Wildman–Crippen MR) is 66.0 cm³/mol. The molecule has 0 aromatic rings. The Bertz CT molecular complexity index is 176. The van der Waals surface area contributed by atoms with Gasteiger partial charge in [0.05, 0.1) is 26.4 Å². The molecule has 102 valence electrons. The maximum Gasteiger partial charge on any atom is 0.222 e. The number of carbonyl (C=O) groups is 1. The fraction of sp³-hybridized carbons (Fsp3) is 0.917. The summed E-state index contributed by atoms with van der Waals surface area (Å²) in [5, 5.41) is 2.77. The normalized spacial score (nSPS) is 10.5. The summed E-state index contributed by atoms with van der Waals surface area (Å²) in [6.07, 6.45) is 1.40. The molecule has 0 rings (SSSR count). The molecule has 0 saturated carbocycles. The molecule has 5 heteroatoms. The van der Waals surface area contributed by atoms with Crippen molar-refractivity contribution < 1.29 is 19.0 Å². The minimum absolute atomic E-state index is 0.00881. The summed E-state index contributed by atoms with van der Waals surface area (Å²) in [6.45, 7) is 8.14. The van der Waals surface area contributed by atoms with Gasteiger partial charge in [-0.15, -0.1) is 0 Å². The molecule has 17 heavy (non-hydrogen) atoms. The van der Waals surface area contributed by atoms with Crippen LogP contribution < -0.4 is 5.32 Å². The molecule has 0 aliphatic rings. The summed E-state index contributed by atoms with van der Waals surface area (Å²) < 4.78 is 15.6. The van der Waals surface area contributed by atoms with Crippen molar-refractivity contribution >= 4 is 5.91 Å². The molecule has 0 atom stereocenters. The maximum absolute atomic E-state index is 11.3. The third-order valence-corrected chi connectivity index (χ3v) is 1.97. The van der Waals surface area contributed by atoms with Crippen LogP contribution in [-0.4, -0.2) is 52.1 Å². The molecular weight excluding hydrogens is 222 g/mol. The third-order valence-electron chi connectivity index (χ3n) is 1.97. The fourth-order valence-electron chi connectivity index (χ4n) is 1.13. The number of hydrogen-bond donors (Lipinski definition) is 1. The molecule has 0 aromatic heterocycles. The summed E-state index contributed by atoms with van der Waals surface area (Å²) in [4.78, 5) is 11.3. The van der Waals surface area contributed by atoms with E-state index in [0.717, 1.165) is 6.42 Å². The molecule has 0 fully saturated rings. The number of ether oxygens (including phenoxy) is 3. The molecule has 1 N–H and O–H groups in total. The topological polar surface area (TPSA) is 56.8 Å². The number of nitrogens with one attached hydrogen (secondary N) is 1. The minimum Gasteiger partial charge on any atom is -0.381 e. The number of amides is 1. The zero-order chi connectivity index (χ0) is 12.8. The second-order valence-electron chi connectivity index (χ2n) is 3.52. The average Bonchev–Trinajstić information content (AvgIpc) is 2.33. The first kappa shape index (κ1) is 16.4. The van der Waals surface area contributed by atoms with Crippen molar-refractivity contribution in [3.63, 3.8) is 0 Å². The van der Waals surface area contributed by atoms with E-state index in [9.17, 15) is 4.79 Å². The molecule has 0 radical (unpaired) electrons. The predicted octanol–water partition coefficient (Wildman–Crippen LogP) is 0.972. The van der Waals surface area contributed by atoms with Crippen molar-refractivity contribution in [3.05, 3.63) is 0 Å². The molecule has 0 bridgehead atoms. The van der Waals surface area contributed by atoms with Gasteiger partial charge in [-0.3, -0.25) is 4.79 Å². The van der Waals surface area contributed by atoms with Crippen molar-refractivity contribution in [1.29, 1.82) is 0 Å². The standard InChI is InChI=1S/C12H25NO4/c1-3-7-16-8-5-12(14)13-6-9-17-11-10-15-4-2/h3-11H2,1-2H3,(H,13,14). The lowest BCUT2D eigenvalue weighted by molar-refractivity contribution is -0.122. The van der Waals surface area contributed by atoms with Crippen LogP contribution in [0, 0.1) is 0 Å². The van der Waals surface area contributed by atoms with E-state index in [0.29, 0.717) is 52.6 Å². The van der Waals surface area contributed by atoms with Gasteiger partial charge >= 0.3 is 0 Å². The molecule has 5 nitrogen and oxygen atoms in total. The van der Waals surface area contributed by atoms with Crippen LogP contribution in [0.5, 0.6) is 0 Å². The van der Waals surface area contributed by atoms with E-state index in [1.54, 1.807) is 0 Å². The van der Waals surface area contributed by atoms with Gasteiger partial charge in [0.1, 0.15) is 0 Å². The van der Waals surface area contributed by atoms with Crippen molar-refractivity contribution in [1.82, 2.24) is 5.32 Å². The molecular formula is C12H25NO4. The Morgan fingerprint density at radius 3 is 2.35 bits per heavy atom. The highest BCUT2D eigenvalue weighted by Crippen LogP contribution is 1.85. The SMILES string of the molecule is CCCOCCC(=O)NCCOCCOCC. The van der Waals surface area contributed by atoms with Crippen LogP contribution in [0.25, 0.3) is 0 Å². The summed E-state index contributed by atoms with van der Waals surface area (Å²) >= 11 is 0. The Morgan fingerprint density at radius 2 is 1.65 bits per heavy atom. The van der Waals surface area contributed by atoms with Crippen LogP contribution in [0.15, 0.2) is 0 Å². The lowest BCUT2D eigenvalue weighted by atomic mass is 10.4. The second kappa shape index (κ2) is 13.4. The first-order valence-corrected chi connectivity index (χ1v) is 6.31. The van der Waals surface area contributed by atoms with Crippen LogP contribution in [0.2, 0.25) is 0 Å². The average molecular weight is 247 g/mol. The van der Waals surface area contributed by atoms with E-state index < -0.39 is 0 Å². The molecule has 0 aliphatic heterocycles. The van der Waals surface area contributed by atoms with Crippen molar-refractivity contribution in [2.24, 2.45) is 0 Å². The van der Waals surface area contributed by atoms with Gasteiger partial charge in [0.25, 0.3) is 0 Å². The Hall–Kier alpha value is -0.650. The molecule has 0 aromatic carbocycles. The highest BCUT2D eigenvalue weighted by Gasteiger charge is 1.99. The van der Waals surface area contributed by atoms with E-state index >= 15 is 0 Å². The largest absolute Gasteiger partial charge is 0.381 e. The van der Waals surface area contributed by atoms with Crippen LogP contribution in [0.3, 0.4) is 0 Å². The van der Waals surface area contributed by atoms with Crippen LogP contribution >= 0.6 is 0 Å². The number of carbonyl (C=O) groups excluding carboxylic acids is 1. The summed E-state index contributed by atoms with van der Waals surface area (Å²) in [6, 6.07) is 0. The van der Waals surface area contributed by atoms with E-state index in [4.69, 9.17) is 14.2 Å². The van der Waals surface area contributed by atoms with Crippen LogP contribution in [-0.2, 0) is 19.0 Å². The van der Waals surface area contributed by atoms with Gasteiger partial charge in [0.2, 0.25) is 5.91 Å². The molecule has 1 amide bonds. The van der Waals surface area contributed by atoms with Gasteiger partial charge in [-0.05, 0) is 13.3 Å². The van der Waals surface area contributed by atoms with Gasteiger partial charge in [0, 0.05) is 26.2 Å². The van der Waals surface area contributed by atoms with E-state index in [-0.39, 0.29) is 5.91 Å². The van der Waals surface area contributed by atoms with Crippen molar-refractivity contribution in [2.75, 3.05) is 46.2 Å². The zero-order valence-corrected chi connectivity index (χ0v) is 11.0. The van der Waals surface area contributed by atoms with Crippen LogP contribution in [0.4, 0.5) is 0 Å². The quantitative estimate of drug-likeness (QED) is 0.522. The summed E-state index contributed by atoms with van der Waals surface area (Å²) in [5.74, 6) is 0.00881. The van der Waals surface area contributed by atoms with Gasteiger partial charge in [-0.2, -0.15) is 0 Å².